The molecule has 0 amide bonds. The van der Waals surface area contributed by atoms with Crippen LogP contribution in [0.1, 0.15) is 38.2 Å². The molecule has 0 spiro atoms. The van der Waals surface area contributed by atoms with Crippen molar-refractivity contribution in [3.8, 4) is 6.07 Å². The molecule has 13 heavy (non-hydrogen) atoms. The van der Waals surface area contributed by atoms with Crippen LogP contribution in [0.3, 0.4) is 0 Å². The first-order valence-electron chi connectivity index (χ1n) is 4.62. The fourth-order valence-corrected chi connectivity index (χ4v) is 1.24. The zero-order valence-electron chi connectivity index (χ0n) is 8.33. The van der Waals surface area contributed by atoms with Gasteiger partial charge in [0.25, 0.3) is 0 Å². The summed E-state index contributed by atoms with van der Waals surface area (Å²) < 4.78 is 0. The molecule has 0 aliphatic heterocycles. The van der Waals surface area contributed by atoms with E-state index in [1.165, 1.54) is 0 Å². The van der Waals surface area contributed by atoms with E-state index in [0.29, 0.717) is 5.92 Å². The lowest BCUT2D eigenvalue weighted by Gasteiger charge is -2.08. The Hall–Kier alpha value is -1.30. The molecule has 0 aromatic carbocycles. The van der Waals surface area contributed by atoms with Crippen molar-refractivity contribution in [3.05, 3.63) is 17.7 Å². The molecule has 1 rings (SSSR count). The Morgan fingerprint density at radius 3 is 2.69 bits per heavy atom. The lowest BCUT2D eigenvalue weighted by molar-refractivity contribution is 0.565. The maximum atomic E-state index is 8.92. The van der Waals surface area contributed by atoms with E-state index in [0.717, 1.165) is 17.9 Å². The van der Waals surface area contributed by atoms with Gasteiger partial charge in [0.05, 0.1) is 6.07 Å². The van der Waals surface area contributed by atoms with Crippen LogP contribution in [-0.4, -0.2) is 9.97 Å². The molecular weight excluding hydrogens is 162 g/mol. The number of aryl methyl sites for hydroxylation is 1. The Balaban J connectivity index is 2.87. The summed E-state index contributed by atoms with van der Waals surface area (Å²) in [6, 6.07) is 2.26. The highest BCUT2D eigenvalue weighted by Crippen LogP contribution is 2.20. The van der Waals surface area contributed by atoms with Gasteiger partial charge in [0.15, 0.2) is 0 Å². The normalized spacial score (nSPS) is 12.8. The Morgan fingerprint density at radius 2 is 2.31 bits per heavy atom. The van der Waals surface area contributed by atoms with Crippen LogP contribution in [0.25, 0.3) is 0 Å². The fourth-order valence-electron chi connectivity index (χ4n) is 1.24. The minimum absolute atomic E-state index is 0.111. The van der Waals surface area contributed by atoms with Crippen molar-refractivity contribution in [1.82, 2.24) is 9.97 Å². The fraction of sp³-hybridized carbons (Fsp3) is 0.600. The number of nitrogens with one attached hydrogen (secondary N) is 1. The van der Waals surface area contributed by atoms with Gasteiger partial charge in [0.2, 0.25) is 0 Å². The average Bonchev–Trinajstić information content (AvgIpc) is 2.53. The van der Waals surface area contributed by atoms with Gasteiger partial charge in [0, 0.05) is 11.9 Å². The lowest BCUT2D eigenvalue weighted by atomic mass is 9.97. The van der Waals surface area contributed by atoms with E-state index in [-0.39, 0.29) is 5.92 Å². The van der Waals surface area contributed by atoms with Crippen LogP contribution in [0.15, 0.2) is 6.20 Å². The van der Waals surface area contributed by atoms with Crippen molar-refractivity contribution in [2.75, 3.05) is 0 Å². The Labute approximate surface area is 78.8 Å². The second-order valence-corrected chi connectivity index (χ2v) is 3.50. The molecule has 70 valence electrons. The average molecular weight is 177 g/mol. The number of H-pyrrole nitrogens is 1. The molecule has 0 radical (unpaired) electrons. The lowest BCUT2D eigenvalue weighted by Crippen LogP contribution is -2.06. The van der Waals surface area contributed by atoms with Gasteiger partial charge in [0.1, 0.15) is 11.7 Å². The summed E-state index contributed by atoms with van der Waals surface area (Å²) in [4.78, 5) is 7.36. The van der Waals surface area contributed by atoms with Gasteiger partial charge in [-0.2, -0.15) is 5.26 Å². The van der Waals surface area contributed by atoms with E-state index in [1.54, 1.807) is 0 Å². The monoisotopic (exact) mass is 177 g/mol. The van der Waals surface area contributed by atoms with E-state index in [9.17, 15) is 0 Å². The van der Waals surface area contributed by atoms with Gasteiger partial charge in [-0.05, 0) is 12.3 Å². The molecular formula is C10H15N3. The Morgan fingerprint density at radius 1 is 1.62 bits per heavy atom. The molecule has 3 nitrogen and oxygen atoms in total. The molecule has 3 heteroatoms. The van der Waals surface area contributed by atoms with Gasteiger partial charge in [-0.15, -0.1) is 0 Å². The standard InChI is InChI=1S/C10H15N3/c1-4-8-6-12-10(13-8)9(5-11)7(2)3/h6-7,9H,4H2,1-3H3,(H,12,13). The summed E-state index contributed by atoms with van der Waals surface area (Å²) in [7, 11) is 0. The minimum Gasteiger partial charge on any atom is -0.345 e. The van der Waals surface area contributed by atoms with Crippen molar-refractivity contribution in [2.45, 2.75) is 33.1 Å². The molecule has 0 aliphatic carbocycles. The summed E-state index contributed by atoms with van der Waals surface area (Å²) >= 11 is 0. The first-order valence-corrected chi connectivity index (χ1v) is 4.62. The number of nitriles is 1. The summed E-state index contributed by atoms with van der Waals surface area (Å²) in [6.07, 6.45) is 2.74. The SMILES string of the molecule is CCc1cnc(C(C#N)C(C)C)[nH]1. The zero-order chi connectivity index (χ0) is 9.84. The first-order chi connectivity index (χ1) is 6.19. The minimum atomic E-state index is -0.111. The van der Waals surface area contributed by atoms with Gasteiger partial charge < -0.3 is 4.98 Å². The molecule has 1 atom stereocenters. The van der Waals surface area contributed by atoms with E-state index in [1.807, 2.05) is 20.0 Å². The molecule has 1 heterocycles. The number of imidazole rings is 1. The number of hydrogen-bond acceptors (Lipinski definition) is 2. The quantitative estimate of drug-likeness (QED) is 0.769. The zero-order valence-corrected chi connectivity index (χ0v) is 8.33. The summed E-state index contributed by atoms with van der Waals surface area (Å²) in [5, 5.41) is 8.92. The van der Waals surface area contributed by atoms with Crippen molar-refractivity contribution in [2.24, 2.45) is 5.92 Å². The van der Waals surface area contributed by atoms with Crippen LogP contribution in [0.5, 0.6) is 0 Å². The van der Waals surface area contributed by atoms with Gasteiger partial charge >= 0.3 is 0 Å². The molecule has 0 aliphatic rings. The molecule has 0 saturated heterocycles. The second kappa shape index (κ2) is 4.08. The van der Waals surface area contributed by atoms with Crippen molar-refractivity contribution >= 4 is 0 Å². The van der Waals surface area contributed by atoms with Crippen LogP contribution < -0.4 is 0 Å². The van der Waals surface area contributed by atoms with E-state index in [2.05, 4.69) is 23.0 Å². The van der Waals surface area contributed by atoms with E-state index >= 15 is 0 Å². The van der Waals surface area contributed by atoms with Crippen molar-refractivity contribution < 1.29 is 0 Å². The maximum Gasteiger partial charge on any atom is 0.123 e. The summed E-state index contributed by atoms with van der Waals surface area (Å²) in [5.74, 6) is 0.996. The number of hydrogen-bond donors (Lipinski definition) is 1. The van der Waals surface area contributed by atoms with Crippen LogP contribution in [0, 0.1) is 17.2 Å². The van der Waals surface area contributed by atoms with E-state index in [4.69, 9.17) is 5.26 Å². The second-order valence-electron chi connectivity index (χ2n) is 3.50. The maximum absolute atomic E-state index is 8.92. The van der Waals surface area contributed by atoms with Crippen LogP contribution in [0.2, 0.25) is 0 Å². The summed E-state index contributed by atoms with van der Waals surface area (Å²) in [5.41, 5.74) is 1.09. The molecule has 1 aromatic rings. The predicted octanol–water partition coefficient (Wildman–Crippen LogP) is 2.24. The molecule has 0 saturated carbocycles. The van der Waals surface area contributed by atoms with E-state index < -0.39 is 0 Å². The van der Waals surface area contributed by atoms with Gasteiger partial charge in [-0.25, -0.2) is 4.98 Å². The smallest absolute Gasteiger partial charge is 0.123 e. The van der Waals surface area contributed by atoms with Gasteiger partial charge in [-0.3, -0.25) is 0 Å². The van der Waals surface area contributed by atoms with Crippen LogP contribution in [0.4, 0.5) is 0 Å². The topological polar surface area (TPSA) is 52.5 Å². The van der Waals surface area contributed by atoms with Crippen molar-refractivity contribution in [3.63, 3.8) is 0 Å². The number of rotatable bonds is 3. The third-order valence-electron chi connectivity index (χ3n) is 2.13. The van der Waals surface area contributed by atoms with Crippen LogP contribution in [-0.2, 0) is 6.42 Å². The Kier molecular flexibility index (Phi) is 3.07. The summed E-state index contributed by atoms with van der Waals surface area (Å²) in [6.45, 7) is 6.12. The first kappa shape index (κ1) is 9.79. The molecule has 1 unspecified atom stereocenters. The van der Waals surface area contributed by atoms with Crippen molar-refractivity contribution in [1.29, 1.82) is 5.26 Å². The third-order valence-corrected chi connectivity index (χ3v) is 2.13. The molecule has 0 bridgehead atoms. The highest BCUT2D eigenvalue weighted by atomic mass is 14.9. The highest BCUT2D eigenvalue weighted by Gasteiger charge is 2.17. The molecule has 0 fully saturated rings. The third kappa shape index (κ3) is 2.09. The molecule has 1 aromatic heterocycles. The highest BCUT2D eigenvalue weighted by molar-refractivity contribution is 5.13. The van der Waals surface area contributed by atoms with Gasteiger partial charge in [-0.1, -0.05) is 20.8 Å². The number of aromatic amines is 1. The molecule has 1 N–H and O–H groups in total. The Bertz CT molecular complexity index is 306. The van der Waals surface area contributed by atoms with Crippen LogP contribution >= 0.6 is 0 Å². The number of nitrogens with zero attached hydrogens (tertiary/aromatic N) is 2. The predicted molar refractivity (Wildman–Crippen MR) is 51.2 cm³/mol. The number of aromatic nitrogens is 2. The largest absolute Gasteiger partial charge is 0.345 e.